The highest BCUT2D eigenvalue weighted by Gasteiger charge is 2.16. The van der Waals surface area contributed by atoms with Gasteiger partial charge in [-0.2, -0.15) is 0 Å². The highest BCUT2D eigenvalue weighted by molar-refractivity contribution is 9.10. The van der Waals surface area contributed by atoms with E-state index in [4.69, 9.17) is 4.74 Å². The van der Waals surface area contributed by atoms with Crippen LogP contribution in [-0.2, 0) is 4.74 Å². The van der Waals surface area contributed by atoms with Gasteiger partial charge in [-0.15, -0.1) is 0 Å². The van der Waals surface area contributed by atoms with E-state index in [0.29, 0.717) is 11.1 Å². The van der Waals surface area contributed by atoms with E-state index in [0.717, 1.165) is 36.5 Å². The maximum Gasteiger partial charge on any atom is 0.194 e. The SMILES string of the molecule is O=C(c1ccccc1)c1ccc(N2CCOCC2)cc1Br. The van der Waals surface area contributed by atoms with E-state index in [1.54, 1.807) is 0 Å². The van der Waals surface area contributed by atoms with E-state index in [1.807, 2.05) is 48.5 Å². The van der Waals surface area contributed by atoms with Crippen molar-refractivity contribution in [2.75, 3.05) is 31.2 Å². The number of ketones is 1. The first kappa shape index (κ1) is 14.3. The van der Waals surface area contributed by atoms with Gasteiger partial charge in [-0.25, -0.2) is 0 Å². The van der Waals surface area contributed by atoms with Crippen molar-refractivity contribution < 1.29 is 9.53 Å². The van der Waals surface area contributed by atoms with E-state index in [-0.39, 0.29) is 5.78 Å². The van der Waals surface area contributed by atoms with Crippen molar-refractivity contribution in [2.45, 2.75) is 0 Å². The average Bonchev–Trinajstić information content (AvgIpc) is 2.56. The van der Waals surface area contributed by atoms with Crippen LogP contribution in [0.2, 0.25) is 0 Å². The van der Waals surface area contributed by atoms with E-state index >= 15 is 0 Å². The lowest BCUT2D eigenvalue weighted by atomic mass is 10.0. The number of benzene rings is 2. The first-order valence-corrected chi connectivity index (χ1v) is 7.77. The van der Waals surface area contributed by atoms with Gasteiger partial charge in [0.1, 0.15) is 0 Å². The van der Waals surface area contributed by atoms with E-state index < -0.39 is 0 Å². The van der Waals surface area contributed by atoms with Crippen LogP contribution in [0.1, 0.15) is 15.9 Å². The van der Waals surface area contributed by atoms with Gasteiger partial charge in [-0.05, 0) is 34.1 Å². The van der Waals surface area contributed by atoms with Gasteiger partial charge in [-0.1, -0.05) is 30.3 Å². The van der Waals surface area contributed by atoms with E-state index in [2.05, 4.69) is 20.8 Å². The number of halogens is 1. The van der Waals surface area contributed by atoms with Crippen LogP contribution in [0.3, 0.4) is 0 Å². The Bertz CT molecular complexity index is 636. The maximum atomic E-state index is 12.5. The molecule has 2 aromatic rings. The Morgan fingerprint density at radius 1 is 1.05 bits per heavy atom. The molecule has 0 aromatic heterocycles. The molecule has 2 aromatic carbocycles. The molecule has 1 saturated heterocycles. The van der Waals surface area contributed by atoms with Gasteiger partial charge >= 0.3 is 0 Å². The third kappa shape index (κ3) is 3.17. The molecule has 1 fully saturated rings. The number of rotatable bonds is 3. The number of morpholine rings is 1. The van der Waals surface area contributed by atoms with Crippen molar-refractivity contribution in [3.63, 3.8) is 0 Å². The molecule has 0 unspecified atom stereocenters. The molecule has 0 N–H and O–H groups in total. The lowest BCUT2D eigenvalue weighted by Gasteiger charge is -2.29. The minimum Gasteiger partial charge on any atom is -0.378 e. The van der Waals surface area contributed by atoms with Gasteiger partial charge in [0.15, 0.2) is 5.78 Å². The molecule has 21 heavy (non-hydrogen) atoms. The molecule has 0 radical (unpaired) electrons. The quantitative estimate of drug-likeness (QED) is 0.797. The van der Waals surface area contributed by atoms with Gasteiger partial charge in [0, 0.05) is 34.4 Å². The minimum absolute atomic E-state index is 0.0380. The van der Waals surface area contributed by atoms with Crippen molar-refractivity contribution in [1.82, 2.24) is 0 Å². The summed E-state index contributed by atoms with van der Waals surface area (Å²) >= 11 is 3.53. The molecule has 1 aliphatic heterocycles. The van der Waals surface area contributed by atoms with Crippen molar-refractivity contribution in [2.24, 2.45) is 0 Å². The highest BCUT2D eigenvalue weighted by Crippen LogP contribution is 2.26. The molecular formula is C17H16BrNO2. The second-order valence-electron chi connectivity index (χ2n) is 4.96. The monoisotopic (exact) mass is 345 g/mol. The number of anilines is 1. The Kier molecular flexibility index (Phi) is 4.36. The third-order valence-corrected chi connectivity index (χ3v) is 4.27. The average molecular weight is 346 g/mol. The summed E-state index contributed by atoms with van der Waals surface area (Å²) < 4.78 is 6.20. The number of carbonyl (C=O) groups is 1. The number of ether oxygens (including phenoxy) is 1. The van der Waals surface area contributed by atoms with Crippen LogP contribution in [0.5, 0.6) is 0 Å². The summed E-state index contributed by atoms with van der Waals surface area (Å²) in [5.74, 6) is 0.0380. The summed E-state index contributed by atoms with van der Waals surface area (Å²) in [7, 11) is 0. The maximum absolute atomic E-state index is 12.5. The zero-order valence-corrected chi connectivity index (χ0v) is 13.2. The number of carbonyl (C=O) groups excluding carboxylic acids is 1. The second-order valence-corrected chi connectivity index (χ2v) is 5.81. The molecule has 0 saturated carbocycles. The van der Waals surface area contributed by atoms with Crippen LogP contribution in [0.4, 0.5) is 5.69 Å². The summed E-state index contributed by atoms with van der Waals surface area (Å²) in [5, 5.41) is 0. The molecule has 0 atom stereocenters. The predicted molar refractivity (Wildman–Crippen MR) is 87.0 cm³/mol. The molecule has 4 heteroatoms. The fraction of sp³-hybridized carbons (Fsp3) is 0.235. The Labute approximate surface area is 132 Å². The molecule has 3 nitrogen and oxygen atoms in total. The molecule has 0 aliphatic carbocycles. The van der Waals surface area contributed by atoms with Gasteiger partial charge < -0.3 is 9.64 Å². The van der Waals surface area contributed by atoms with Gasteiger partial charge in [-0.3, -0.25) is 4.79 Å². The normalized spacial score (nSPS) is 15.0. The van der Waals surface area contributed by atoms with Crippen LogP contribution < -0.4 is 4.90 Å². The van der Waals surface area contributed by atoms with Crippen LogP contribution in [-0.4, -0.2) is 32.1 Å². The molecule has 3 rings (SSSR count). The summed E-state index contributed by atoms with van der Waals surface area (Å²) in [6, 6.07) is 15.3. The summed E-state index contributed by atoms with van der Waals surface area (Å²) in [6.45, 7) is 3.28. The lowest BCUT2D eigenvalue weighted by molar-refractivity contribution is 0.103. The fourth-order valence-electron chi connectivity index (χ4n) is 2.45. The number of nitrogens with zero attached hydrogens (tertiary/aromatic N) is 1. The molecule has 1 heterocycles. The minimum atomic E-state index is 0.0380. The Morgan fingerprint density at radius 3 is 2.43 bits per heavy atom. The largest absolute Gasteiger partial charge is 0.378 e. The topological polar surface area (TPSA) is 29.5 Å². The molecule has 0 bridgehead atoms. The van der Waals surface area contributed by atoms with Gasteiger partial charge in [0.2, 0.25) is 0 Å². The summed E-state index contributed by atoms with van der Waals surface area (Å²) in [6.07, 6.45) is 0. The van der Waals surface area contributed by atoms with Crippen molar-refractivity contribution in [3.05, 3.63) is 64.1 Å². The first-order chi connectivity index (χ1) is 10.3. The molecule has 0 spiro atoms. The van der Waals surface area contributed by atoms with Gasteiger partial charge in [0.25, 0.3) is 0 Å². The van der Waals surface area contributed by atoms with Crippen LogP contribution in [0, 0.1) is 0 Å². The molecule has 108 valence electrons. The van der Waals surface area contributed by atoms with Gasteiger partial charge in [0.05, 0.1) is 13.2 Å². The van der Waals surface area contributed by atoms with Crippen molar-refractivity contribution in [1.29, 1.82) is 0 Å². The van der Waals surface area contributed by atoms with E-state index in [9.17, 15) is 4.79 Å². The van der Waals surface area contributed by atoms with Crippen molar-refractivity contribution in [3.8, 4) is 0 Å². The molecular weight excluding hydrogens is 330 g/mol. The van der Waals surface area contributed by atoms with Crippen LogP contribution >= 0.6 is 15.9 Å². The number of hydrogen-bond donors (Lipinski definition) is 0. The van der Waals surface area contributed by atoms with Crippen molar-refractivity contribution >= 4 is 27.4 Å². The number of hydrogen-bond acceptors (Lipinski definition) is 3. The zero-order valence-electron chi connectivity index (χ0n) is 11.6. The van der Waals surface area contributed by atoms with E-state index in [1.165, 1.54) is 0 Å². The molecule has 1 aliphatic rings. The third-order valence-electron chi connectivity index (χ3n) is 3.61. The predicted octanol–water partition coefficient (Wildman–Crippen LogP) is 3.52. The summed E-state index contributed by atoms with van der Waals surface area (Å²) in [5.41, 5.74) is 2.52. The smallest absolute Gasteiger partial charge is 0.194 e. The van der Waals surface area contributed by atoms with Crippen LogP contribution in [0.15, 0.2) is 53.0 Å². The Hall–Kier alpha value is -1.65. The summed E-state index contributed by atoms with van der Waals surface area (Å²) in [4.78, 5) is 14.8. The second kappa shape index (κ2) is 6.41. The Balaban J connectivity index is 1.86. The Morgan fingerprint density at radius 2 is 1.76 bits per heavy atom. The van der Waals surface area contributed by atoms with Crippen LogP contribution in [0.25, 0.3) is 0 Å². The molecule has 0 amide bonds. The zero-order chi connectivity index (χ0) is 14.7. The fourth-order valence-corrected chi connectivity index (χ4v) is 3.00. The first-order valence-electron chi connectivity index (χ1n) is 6.98. The lowest BCUT2D eigenvalue weighted by Crippen LogP contribution is -2.36. The highest BCUT2D eigenvalue weighted by atomic mass is 79.9. The standard InChI is InChI=1S/C17H16BrNO2/c18-16-12-14(19-8-10-21-11-9-19)6-7-15(16)17(20)13-4-2-1-3-5-13/h1-7,12H,8-11H2.